The van der Waals surface area contributed by atoms with Crippen LogP contribution in [0.15, 0.2) is 42.6 Å². The van der Waals surface area contributed by atoms with Crippen LogP contribution in [0.4, 0.5) is 5.69 Å². The molecule has 1 heterocycles. The summed E-state index contributed by atoms with van der Waals surface area (Å²) in [6, 6.07) is 9.33. The number of aromatic nitrogens is 1. The van der Waals surface area contributed by atoms with Gasteiger partial charge in [-0.05, 0) is 49.7 Å². The smallest absolute Gasteiger partial charge is 0.338 e. The van der Waals surface area contributed by atoms with Crippen molar-refractivity contribution in [3.05, 3.63) is 59.4 Å². The normalized spacial score (nSPS) is 10.1. The number of nitrogens with one attached hydrogen (secondary N) is 2. The van der Waals surface area contributed by atoms with Crippen LogP contribution < -0.4 is 10.6 Å². The van der Waals surface area contributed by atoms with Crippen LogP contribution in [0.25, 0.3) is 0 Å². The number of carbonyl (C=O) groups is 3. The Morgan fingerprint density at radius 3 is 2.38 bits per heavy atom. The Hall–Kier alpha value is -3.22. The maximum absolute atomic E-state index is 12.4. The first kappa shape index (κ1) is 19.1. The third-order valence-electron chi connectivity index (χ3n) is 3.44. The highest BCUT2D eigenvalue weighted by molar-refractivity contribution is 6.05. The maximum Gasteiger partial charge on any atom is 0.338 e. The molecule has 0 fully saturated rings. The molecule has 7 heteroatoms. The number of nitrogens with zero attached hydrogens (tertiary/aromatic N) is 1. The van der Waals surface area contributed by atoms with Crippen molar-refractivity contribution in [2.45, 2.75) is 20.3 Å². The summed E-state index contributed by atoms with van der Waals surface area (Å²) >= 11 is 0. The molecule has 0 aliphatic heterocycles. The summed E-state index contributed by atoms with van der Waals surface area (Å²) in [5.74, 6) is -1.11. The molecule has 7 nitrogen and oxygen atoms in total. The minimum atomic E-state index is -0.415. The molecule has 2 rings (SSSR count). The first-order valence-electron chi connectivity index (χ1n) is 8.38. The Labute approximate surface area is 151 Å². The Balaban J connectivity index is 2.05. The summed E-state index contributed by atoms with van der Waals surface area (Å²) in [6.45, 7) is 4.53. The zero-order valence-corrected chi connectivity index (χ0v) is 14.7. The van der Waals surface area contributed by atoms with Gasteiger partial charge in [0.2, 0.25) is 0 Å². The fourth-order valence-corrected chi connectivity index (χ4v) is 2.13. The number of amides is 2. The molecule has 0 atom stereocenters. The molecule has 0 aliphatic rings. The van der Waals surface area contributed by atoms with E-state index in [9.17, 15) is 14.4 Å². The molecule has 0 saturated heterocycles. The second-order valence-corrected chi connectivity index (χ2v) is 5.44. The van der Waals surface area contributed by atoms with E-state index in [2.05, 4.69) is 15.6 Å². The zero-order chi connectivity index (χ0) is 18.9. The van der Waals surface area contributed by atoms with Crippen molar-refractivity contribution >= 4 is 23.5 Å². The van der Waals surface area contributed by atoms with E-state index in [0.29, 0.717) is 30.0 Å². The van der Waals surface area contributed by atoms with Gasteiger partial charge in [0.1, 0.15) is 5.69 Å². The highest BCUT2D eigenvalue weighted by atomic mass is 16.5. The van der Waals surface area contributed by atoms with Gasteiger partial charge in [0.15, 0.2) is 0 Å². The van der Waals surface area contributed by atoms with Gasteiger partial charge in [-0.15, -0.1) is 0 Å². The highest BCUT2D eigenvalue weighted by Gasteiger charge is 2.12. The molecule has 136 valence electrons. The molecule has 0 bridgehead atoms. The van der Waals surface area contributed by atoms with Crippen molar-refractivity contribution < 1.29 is 19.1 Å². The van der Waals surface area contributed by atoms with E-state index in [1.54, 1.807) is 31.2 Å². The Morgan fingerprint density at radius 1 is 1.00 bits per heavy atom. The monoisotopic (exact) mass is 355 g/mol. The lowest BCUT2D eigenvalue weighted by Crippen LogP contribution is -2.25. The van der Waals surface area contributed by atoms with Gasteiger partial charge in [-0.1, -0.05) is 6.92 Å². The lowest BCUT2D eigenvalue weighted by Gasteiger charge is -2.08. The van der Waals surface area contributed by atoms with E-state index in [0.717, 1.165) is 6.42 Å². The lowest BCUT2D eigenvalue weighted by molar-refractivity contribution is 0.0526. The molecular formula is C19H21N3O4. The van der Waals surface area contributed by atoms with Gasteiger partial charge in [-0.25, -0.2) is 4.79 Å². The molecule has 1 aromatic heterocycles. The van der Waals surface area contributed by atoms with Crippen LogP contribution in [-0.4, -0.2) is 35.9 Å². The average molecular weight is 355 g/mol. The quantitative estimate of drug-likeness (QED) is 0.744. The van der Waals surface area contributed by atoms with Crippen LogP contribution in [-0.2, 0) is 4.74 Å². The number of rotatable bonds is 7. The topological polar surface area (TPSA) is 97.4 Å². The van der Waals surface area contributed by atoms with Crippen LogP contribution in [0.1, 0.15) is 51.5 Å². The second-order valence-electron chi connectivity index (χ2n) is 5.44. The molecule has 0 unspecified atom stereocenters. The number of pyridine rings is 1. The lowest BCUT2D eigenvalue weighted by atomic mass is 10.1. The first-order valence-corrected chi connectivity index (χ1v) is 8.38. The Bertz CT molecular complexity index is 788. The van der Waals surface area contributed by atoms with E-state index in [-0.39, 0.29) is 17.5 Å². The van der Waals surface area contributed by atoms with Crippen molar-refractivity contribution in [2.24, 2.45) is 0 Å². The van der Waals surface area contributed by atoms with E-state index in [1.807, 2.05) is 6.92 Å². The largest absolute Gasteiger partial charge is 0.462 e. The van der Waals surface area contributed by atoms with E-state index < -0.39 is 5.97 Å². The molecule has 2 N–H and O–H groups in total. The number of hydrogen-bond acceptors (Lipinski definition) is 5. The van der Waals surface area contributed by atoms with Crippen molar-refractivity contribution in [1.82, 2.24) is 10.3 Å². The van der Waals surface area contributed by atoms with Crippen molar-refractivity contribution in [3.63, 3.8) is 0 Å². The molecule has 2 amide bonds. The summed E-state index contributed by atoms with van der Waals surface area (Å²) in [4.78, 5) is 39.9. The summed E-state index contributed by atoms with van der Waals surface area (Å²) in [5.41, 5.74) is 1.43. The third-order valence-corrected chi connectivity index (χ3v) is 3.44. The van der Waals surface area contributed by atoms with Crippen molar-refractivity contribution in [3.8, 4) is 0 Å². The van der Waals surface area contributed by atoms with Gasteiger partial charge in [0.25, 0.3) is 11.8 Å². The minimum Gasteiger partial charge on any atom is -0.462 e. The number of hydrogen-bond donors (Lipinski definition) is 2. The van der Waals surface area contributed by atoms with E-state index in [1.165, 1.54) is 18.3 Å². The molecular weight excluding hydrogens is 334 g/mol. The molecule has 2 aromatic rings. The van der Waals surface area contributed by atoms with Gasteiger partial charge >= 0.3 is 5.97 Å². The second kappa shape index (κ2) is 9.31. The predicted octanol–water partition coefficient (Wildman–Crippen LogP) is 2.65. The zero-order valence-electron chi connectivity index (χ0n) is 14.7. The van der Waals surface area contributed by atoms with Gasteiger partial charge in [-0.2, -0.15) is 0 Å². The fraction of sp³-hybridized carbons (Fsp3) is 0.263. The van der Waals surface area contributed by atoms with Crippen LogP contribution in [0, 0.1) is 0 Å². The predicted molar refractivity (Wildman–Crippen MR) is 97.2 cm³/mol. The molecule has 0 spiro atoms. The summed E-state index contributed by atoms with van der Waals surface area (Å²) in [5, 5.41) is 5.43. The van der Waals surface area contributed by atoms with Gasteiger partial charge in [-0.3, -0.25) is 14.6 Å². The van der Waals surface area contributed by atoms with Crippen LogP contribution in [0.3, 0.4) is 0 Å². The number of ether oxygens (including phenoxy) is 1. The molecule has 0 aliphatic carbocycles. The maximum atomic E-state index is 12.4. The van der Waals surface area contributed by atoms with Crippen molar-refractivity contribution in [2.75, 3.05) is 18.5 Å². The third kappa shape index (κ3) is 5.14. The van der Waals surface area contributed by atoms with Crippen LogP contribution >= 0.6 is 0 Å². The van der Waals surface area contributed by atoms with Crippen LogP contribution in [0.5, 0.6) is 0 Å². The fourth-order valence-electron chi connectivity index (χ4n) is 2.13. The standard InChI is InChI=1S/C19H21N3O4/c1-3-10-21-18(24)16-12-14(9-11-20-16)17(23)22-15-7-5-13(6-8-15)19(25)26-4-2/h5-9,11-12H,3-4,10H2,1-2H3,(H,21,24)(H,22,23). The molecule has 26 heavy (non-hydrogen) atoms. The van der Waals surface area contributed by atoms with Gasteiger partial charge in [0.05, 0.1) is 12.2 Å². The van der Waals surface area contributed by atoms with Gasteiger partial charge < -0.3 is 15.4 Å². The van der Waals surface area contributed by atoms with E-state index >= 15 is 0 Å². The number of anilines is 1. The Morgan fingerprint density at radius 2 is 1.73 bits per heavy atom. The average Bonchev–Trinajstić information content (AvgIpc) is 2.67. The number of benzene rings is 1. The molecule has 0 saturated carbocycles. The van der Waals surface area contributed by atoms with Gasteiger partial charge in [0, 0.05) is 24.0 Å². The molecule has 1 aromatic carbocycles. The number of esters is 1. The number of carbonyl (C=O) groups excluding carboxylic acids is 3. The summed E-state index contributed by atoms with van der Waals surface area (Å²) in [7, 11) is 0. The highest BCUT2D eigenvalue weighted by Crippen LogP contribution is 2.13. The Kier molecular flexibility index (Phi) is 6.84. The van der Waals surface area contributed by atoms with Crippen molar-refractivity contribution in [1.29, 1.82) is 0 Å². The summed E-state index contributed by atoms with van der Waals surface area (Å²) < 4.78 is 4.91. The van der Waals surface area contributed by atoms with E-state index in [4.69, 9.17) is 4.74 Å². The SMILES string of the molecule is CCCNC(=O)c1cc(C(=O)Nc2ccc(C(=O)OCC)cc2)ccn1. The minimum absolute atomic E-state index is 0.184. The van der Waals surface area contributed by atoms with Crippen LogP contribution in [0.2, 0.25) is 0 Å². The summed E-state index contributed by atoms with van der Waals surface area (Å²) in [6.07, 6.45) is 2.23. The molecule has 0 radical (unpaired) electrons. The first-order chi connectivity index (χ1) is 12.5.